The Bertz CT molecular complexity index is 555. The van der Waals surface area contributed by atoms with Gasteiger partial charge in [0.25, 0.3) is 0 Å². The van der Waals surface area contributed by atoms with Crippen LogP contribution in [0.3, 0.4) is 0 Å². The van der Waals surface area contributed by atoms with Gasteiger partial charge in [-0.1, -0.05) is 11.2 Å². The molecule has 0 radical (unpaired) electrons. The van der Waals surface area contributed by atoms with Gasteiger partial charge in [0.2, 0.25) is 0 Å². The number of nitrogens with zero attached hydrogens (tertiary/aromatic N) is 4. The summed E-state index contributed by atoms with van der Waals surface area (Å²) in [7, 11) is 1.33. The van der Waals surface area contributed by atoms with Crippen LogP contribution in [0.5, 0.6) is 11.5 Å². The molecule has 1 aromatic carbocycles. The number of halogens is 2. The zero-order chi connectivity index (χ0) is 15.7. The summed E-state index contributed by atoms with van der Waals surface area (Å²) >= 11 is 0. The van der Waals surface area contributed by atoms with Crippen LogP contribution in [0.2, 0.25) is 0 Å². The Morgan fingerprint density at radius 1 is 1.48 bits per heavy atom. The van der Waals surface area contributed by atoms with Crippen molar-refractivity contribution in [2.45, 2.75) is 12.7 Å². The lowest BCUT2D eigenvalue weighted by atomic mass is 10.1. The zero-order valence-electron chi connectivity index (χ0n) is 11.2. The summed E-state index contributed by atoms with van der Waals surface area (Å²) in [5.74, 6) is -0.00749. The van der Waals surface area contributed by atoms with E-state index in [-0.39, 0.29) is 24.6 Å². The second kappa shape index (κ2) is 8.58. The first-order chi connectivity index (χ1) is 10.1. The molecular formula is C12H13F2N5O2. The van der Waals surface area contributed by atoms with Gasteiger partial charge in [-0.15, -0.1) is 0 Å². The van der Waals surface area contributed by atoms with Gasteiger partial charge in [-0.25, -0.2) is 0 Å². The molecule has 0 bridgehead atoms. The maximum absolute atomic E-state index is 12.3. The van der Waals surface area contributed by atoms with Crippen LogP contribution >= 0.6 is 0 Å². The van der Waals surface area contributed by atoms with Crippen molar-refractivity contribution >= 4 is 0 Å². The number of nitriles is 1. The Morgan fingerprint density at radius 3 is 2.81 bits per heavy atom. The highest BCUT2D eigenvalue weighted by atomic mass is 19.3. The minimum absolute atomic E-state index is 0.143. The number of hydrogen-bond acceptors (Lipinski definition) is 5. The molecule has 7 nitrogen and oxygen atoms in total. The van der Waals surface area contributed by atoms with Crippen molar-refractivity contribution in [3.63, 3.8) is 0 Å². The average molecular weight is 297 g/mol. The van der Waals surface area contributed by atoms with Gasteiger partial charge in [-0.3, -0.25) is 5.32 Å². The van der Waals surface area contributed by atoms with E-state index in [4.69, 9.17) is 15.5 Å². The molecule has 21 heavy (non-hydrogen) atoms. The summed E-state index contributed by atoms with van der Waals surface area (Å²) in [6, 6.07) is 5.54. The number of nitrogens with one attached hydrogen (secondary N) is 1. The normalized spacial score (nSPS) is 11.4. The SMILES string of the molecule is COc1ccc(C(C#N)NCCN=[N+]=[N-])cc1OC(F)F. The lowest BCUT2D eigenvalue weighted by molar-refractivity contribution is -0.0512. The molecule has 1 N–H and O–H groups in total. The quantitative estimate of drug-likeness (QED) is 0.345. The van der Waals surface area contributed by atoms with Crippen molar-refractivity contribution in [1.29, 1.82) is 5.26 Å². The topological polar surface area (TPSA) is 103 Å². The Labute approximate surface area is 119 Å². The first kappa shape index (κ1) is 16.5. The molecule has 1 atom stereocenters. The molecule has 0 aliphatic rings. The standard InChI is InChI=1S/C12H13F2N5O2/c1-20-10-3-2-8(6-11(10)21-12(13)14)9(7-15)17-4-5-18-19-16/h2-3,6,9,12,17H,4-5H2,1H3. The second-order valence-electron chi connectivity index (χ2n) is 3.76. The van der Waals surface area contributed by atoms with E-state index in [2.05, 4.69) is 20.1 Å². The highest BCUT2D eigenvalue weighted by Gasteiger charge is 2.15. The number of methoxy groups -OCH3 is 1. The van der Waals surface area contributed by atoms with Crippen LogP contribution in [0.15, 0.2) is 23.3 Å². The Hall–Kier alpha value is -2.56. The molecule has 1 unspecified atom stereocenters. The highest BCUT2D eigenvalue weighted by Crippen LogP contribution is 2.31. The predicted molar refractivity (Wildman–Crippen MR) is 70.0 cm³/mol. The lowest BCUT2D eigenvalue weighted by Crippen LogP contribution is -2.22. The summed E-state index contributed by atoms with van der Waals surface area (Å²) in [4.78, 5) is 2.58. The van der Waals surface area contributed by atoms with E-state index in [0.29, 0.717) is 5.56 Å². The molecule has 0 aliphatic heterocycles. The van der Waals surface area contributed by atoms with E-state index >= 15 is 0 Å². The molecule has 0 spiro atoms. The van der Waals surface area contributed by atoms with Crippen molar-refractivity contribution in [2.24, 2.45) is 5.11 Å². The number of rotatable bonds is 8. The van der Waals surface area contributed by atoms with E-state index in [1.165, 1.54) is 19.2 Å². The molecule has 0 heterocycles. The van der Waals surface area contributed by atoms with Gasteiger partial charge >= 0.3 is 6.61 Å². The van der Waals surface area contributed by atoms with Crippen molar-refractivity contribution in [2.75, 3.05) is 20.2 Å². The molecule has 0 aromatic heterocycles. The fourth-order valence-corrected chi connectivity index (χ4v) is 1.60. The molecule has 1 aromatic rings. The lowest BCUT2D eigenvalue weighted by Gasteiger charge is -2.15. The molecule has 112 valence electrons. The summed E-state index contributed by atoms with van der Waals surface area (Å²) in [6.07, 6.45) is 0. The van der Waals surface area contributed by atoms with Crippen LogP contribution in [0, 0.1) is 11.3 Å². The molecule has 0 saturated heterocycles. The predicted octanol–water partition coefficient (Wildman–Crippen LogP) is 2.76. The maximum atomic E-state index is 12.3. The van der Waals surface area contributed by atoms with Crippen molar-refractivity contribution in [3.05, 3.63) is 34.2 Å². The van der Waals surface area contributed by atoms with E-state index < -0.39 is 12.7 Å². The molecule has 0 aliphatic carbocycles. The van der Waals surface area contributed by atoms with Crippen LogP contribution in [0.4, 0.5) is 8.78 Å². The maximum Gasteiger partial charge on any atom is 0.387 e. The number of benzene rings is 1. The van der Waals surface area contributed by atoms with Gasteiger partial charge in [0, 0.05) is 18.0 Å². The van der Waals surface area contributed by atoms with E-state index in [9.17, 15) is 8.78 Å². The van der Waals surface area contributed by atoms with Crippen LogP contribution in [-0.4, -0.2) is 26.8 Å². The van der Waals surface area contributed by atoms with E-state index in [1.54, 1.807) is 6.07 Å². The molecule has 1 rings (SSSR count). The van der Waals surface area contributed by atoms with Gasteiger partial charge in [-0.05, 0) is 23.2 Å². The summed E-state index contributed by atoms with van der Waals surface area (Å²) < 4.78 is 33.9. The first-order valence-electron chi connectivity index (χ1n) is 5.89. The number of hydrogen-bond donors (Lipinski definition) is 1. The minimum atomic E-state index is -2.99. The monoisotopic (exact) mass is 297 g/mol. The Morgan fingerprint density at radius 2 is 2.24 bits per heavy atom. The third-order valence-corrected chi connectivity index (χ3v) is 2.49. The minimum Gasteiger partial charge on any atom is -0.493 e. The number of azide groups is 1. The number of alkyl halides is 2. The second-order valence-corrected chi connectivity index (χ2v) is 3.76. The largest absolute Gasteiger partial charge is 0.493 e. The van der Waals surface area contributed by atoms with Crippen LogP contribution in [-0.2, 0) is 0 Å². The summed E-state index contributed by atoms with van der Waals surface area (Å²) in [6.45, 7) is -2.54. The average Bonchev–Trinajstić information content (AvgIpc) is 2.47. The van der Waals surface area contributed by atoms with E-state index in [0.717, 1.165) is 0 Å². The number of ether oxygens (including phenoxy) is 2. The third kappa shape index (κ3) is 5.14. The molecule has 9 heteroatoms. The first-order valence-corrected chi connectivity index (χ1v) is 5.89. The highest BCUT2D eigenvalue weighted by molar-refractivity contribution is 5.44. The summed E-state index contributed by atoms with van der Waals surface area (Å²) in [5, 5.41) is 15.2. The van der Waals surface area contributed by atoms with Crippen molar-refractivity contribution in [3.8, 4) is 17.6 Å². The van der Waals surface area contributed by atoms with Crippen LogP contribution < -0.4 is 14.8 Å². The fourth-order valence-electron chi connectivity index (χ4n) is 1.60. The van der Waals surface area contributed by atoms with Gasteiger partial charge in [0.15, 0.2) is 11.5 Å². The Kier molecular flexibility index (Phi) is 6.74. The Balaban J connectivity index is 2.89. The molecule has 0 fully saturated rings. The smallest absolute Gasteiger partial charge is 0.387 e. The van der Waals surface area contributed by atoms with Gasteiger partial charge in [0.05, 0.1) is 13.2 Å². The van der Waals surface area contributed by atoms with E-state index in [1.807, 2.05) is 6.07 Å². The molecule has 0 amide bonds. The fraction of sp³-hybridized carbons (Fsp3) is 0.417. The van der Waals surface area contributed by atoms with Crippen LogP contribution in [0.1, 0.15) is 11.6 Å². The third-order valence-electron chi connectivity index (χ3n) is 2.49. The zero-order valence-corrected chi connectivity index (χ0v) is 11.2. The van der Waals surface area contributed by atoms with Gasteiger partial charge in [-0.2, -0.15) is 14.0 Å². The van der Waals surface area contributed by atoms with Gasteiger partial charge in [0.1, 0.15) is 6.04 Å². The van der Waals surface area contributed by atoms with Crippen molar-refractivity contribution in [1.82, 2.24) is 5.32 Å². The molecular weight excluding hydrogens is 284 g/mol. The summed E-state index contributed by atoms with van der Waals surface area (Å²) in [5.41, 5.74) is 8.59. The van der Waals surface area contributed by atoms with Crippen LogP contribution in [0.25, 0.3) is 10.4 Å². The van der Waals surface area contributed by atoms with Gasteiger partial charge < -0.3 is 9.47 Å². The molecule has 0 saturated carbocycles. The van der Waals surface area contributed by atoms with Crippen molar-refractivity contribution < 1.29 is 18.3 Å².